The lowest BCUT2D eigenvalue weighted by Gasteiger charge is -2.35. The Bertz CT molecular complexity index is 1100. The molecule has 0 unspecified atom stereocenters. The summed E-state index contributed by atoms with van der Waals surface area (Å²) in [6.45, 7) is 2.92. The number of aromatic nitrogens is 3. The van der Waals surface area contributed by atoms with Gasteiger partial charge in [0.1, 0.15) is 17.5 Å². The first-order chi connectivity index (χ1) is 15.7. The molecule has 3 heterocycles. The Labute approximate surface area is 198 Å². The standard InChI is InChI=1S/C22H23BrF3N7/c1-31(2)20-14-18(28-15-6-7-17(23)16(13-15)22(24,25)26)29-21(30-20)33-11-9-32(10-12-33)19-5-3-4-8-27-19/h3-8,13-14H,9-12H2,1-2H3,(H,28,29,30). The van der Waals surface area contributed by atoms with E-state index in [0.717, 1.165) is 25.0 Å². The van der Waals surface area contributed by atoms with E-state index in [0.29, 0.717) is 36.4 Å². The quantitative estimate of drug-likeness (QED) is 0.517. The van der Waals surface area contributed by atoms with Crippen LogP contribution in [0.4, 0.5) is 42.3 Å². The Morgan fingerprint density at radius 1 is 0.970 bits per heavy atom. The number of anilines is 5. The number of hydrogen-bond donors (Lipinski definition) is 1. The van der Waals surface area contributed by atoms with Crippen molar-refractivity contribution in [1.29, 1.82) is 0 Å². The van der Waals surface area contributed by atoms with E-state index < -0.39 is 11.7 Å². The summed E-state index contributed by atoms with van der Waals surface area (Å²) in [5.41, 5.74) is -0.458. The zero-order valence-corrected chi connectivity index (χ0v) is 19.7. The molecule has 1 aromatic carbocycles. The molecular weight excluding hydrogens is 499 g/mol. The van der Waals surface area contributed by atoms with E-state index in [9.17, 15) is 13.2 Å². The Morgan fingerprint density at radius 2 is 1.70 bits per heavy atom. The summed E-state index contributed by atoms with van der Waals surface area (Å²) in [6.07, 6.45) is -2.69. The van der Waals surface area contributed by atoms with Crippen LogP contribution in [0.1, 0.15) is 5.56 Å². The summed E-state index contributed by atoms with van der Waals surface area (Å²) in [6, 6.07) is 11.5. The number of nitrogens with zero attached hydrogens (tertiary/aromatic N) is 6. The van der Waals surface area contributed by atoms with Crippen LogP contribution in [0.15, 0.2) is 53.1 Å². The first-order valence-electron chi connectivity index (χ1n) is 10.3. The molecule has 4 rings (SSSR count). The number of hydrogen-bond acceptors (Lipinski definition) is 7. The van der Waals surface area contributed by atoms with E-state index in [-0.39, 0.29) is 4.47 Å². The number of nitrogens with one attached hydrogen (secondary N) is 1. The molecule has 0 bridgehead atoms. The fourth-order valence-corrected chi connectivity index (χ4v) is 3.97. The fraction of sp³-hybridized carbons (Fsp3) is 0.318. The molecule has 1 aliphatic heterocycles. The van der Waals surface area contributed by atoms with Crippen molar-refractivity contribution in [3.63, 3.8) is 0 Å². The van der Waals surface area contributed by atoms with E-state index in [1.165, 1.54) is 6.07 Å². The predicted molar refractivity (Wildman–Crippen MR) is 127 cm³/mol. The van der Waals surface area contributed by atoms with Gasteiger partial charge in [0.2, 0.25) is 5.95 Å². The molecule has 0 spiro atoms. The van der Waals surface area contributed by atoms with Crippen LogP contribution in [0.2, 0.25) is 0 Å². The molecule has 0 radical (unpaired) electrons. The van der Waals surface area contributed by atoms with E-state index in [4.69, 9.17) is 0 Å². The maximum atomic E-state index is 13.3. The average Bonchev–Trinajstić information content (AvgIpc) is 2.80. The number of alkyl halides is 3. The van der Waals surface area contributed by atoms with Crippen LogP contribution in [0.25, 0.3) is 0 Å². The predicted octanol–water partition coefficient (Wildman–Crippen LogP) is 4.79. The lowest BCUT2D eigenvalue weighted by Crippen LogP contribution is -2.47. The normalized spacial score (nSPS) is 14.4. The van der Waals surface area contributed by atoms with Gasteiger partial charge in [-0.1, -0.05) is 22.0 Å². The van der Waals surface area contributed by atoms with E-state index in [2.05, 4.69) is 46.0 Å². The van der Waals surface area contributed by atoms with Crippen molar-refractivity contribution < 1.29 is 13.2 Å². The topological polar surface area (TPSA) is 60.4 Å². The summed E-state index contributed by atoms with van der Waals surface area (Å²) >= 11 is 2.97. The number of piperazine rings is 1. The molecule has 3 aromatic rings. The molecule has 33 heavy (non-hydrogen) atoms. The van der Waals surface area contributed by atoms with Crippen molar-refractivity contribution in [2.24, 2.45) is 0 Å². The van der Waals surface area contributed by atoms with Gasteiger partial charge in [0.25, 0.3) is 0 Å². The molecule has 11 heteroatoms. The van der Waals surface area contributed by atoms with Crippen LogP contribution < -0.4 is 20.0 Å². The third-order valence-corrected chi connectivity index (χ3v) is 5.93. The van der Waals surface area contributed by atoms with Gasteiger partial charge in [-0.05, 0) is 30.3 Å². The molecular formula is C22H23BrF3N7. The fourth-order valence-electron chi connectivity index (χ4n) is 3.50. The minimum Gasteiger partial charge on any atom is -0.363 e. The number of rotatable bonds is 5. The first kappa shape index (κ1) is 23.1. The van der Waals surface area contributed by atoms with Gasteiger partial charge < -0.3 is 20.0 Å². The largest absolute Gasteiger partial charge is 0.417 e. The van der Waals surface area contributed by atoms with Gasteiger partial charge in [-0.15, -0.1) is 0 Å². The van der Waals surface area contributed by atoms with Crippen molar-refractivity contribution in [3.8, 4) is 0 Å². The van der Waals surface area contributed by atoms with Crippen LogP contribution >= 0.6 is 15.9 Å². The van der Waals surface area contributed by atoms with Crippen LogP contribution in [0.5, 0.6) is 0 Å². The Hall–Kier alpha value is -3.08. The summed E-state index contributed by atoms with van der Waals surface area (Å²) in [5, 5.41) is 3.01. The molecule has 0 aliphatic carbocycles. The smallest absolute Gasteiger partial charge is 0.363 e. The second-order valence-electron chi connectivity index (χ2n) is 7.79. The van der Waals surface area contributed by atoms with Crippen molar-refractivity contribution in [2.75, 3.05) is 60.3 Å². The van der Waals surface area contributed by atoms with Gasteiger partial charge in [0.15, 0.2) is 0 Å². The zero-order valence-electron chi connectivity index (χ0n) is 18.1. The highest BCUT2D eigenvalue weighted by molar-refractivity contribution is 9.10. The summed E-state index contributed by atoms with van der Waals surface area (Å²) < 4.78 is 39.9. The summed E-state index contributed by atoms with van der Waals surface area (Å²) in [7, 11) is 3.71. The van der Waals surface area contributed by atoms with Gasteiger partial charge in [0, 0.05) is 62.7 Å². The molecule has 174 valence electrons. The molecule has 0 amide bonds. The summed E-state index contributed by atoms with van der Waals surface area (Å²) in [5.74, 6) is 2.53. The highest BCUT2D eigenvalue weighted by Crippen LogP contribution is 2.37. The third-order valence-electron chi connectivity index (χ3n) is 5.24. The molecule has 1 aliphatic rings. The minimum absolute atomic E-state index is 0.0105. The lowest BCUT2D eigenvalue weighted by molar-refractivity contribution is -0.138. The first-order valence-corrected chi connectivity index (χ1v) is 11.1. The minimum atomic E-state index is -4.46. The van der Waals surface area contributed by atoms with E-state index >= 15 is 0 Å². The molecule has 0 saturated carbocycles. The molecule has 1 saturated heterocycles. The maximum Gasteiger partial charge on any atom is 0.417 e. The maximum absolute atomic E-state index is 13.3. The number of pyridine rings is 1. The molecule has 2 aromatic heterocycles. The molecule has 7 nitrogen and oxygen atoms in total. The van der Waals surface area contributed by atoms with Gasteiger partial charge in [-0.25, -0.2) is 4.98 Å². The van der Waals surface area contributed by atoms with Crippen LogP contribution in [0.3, 0.4) is 0 Å². The van der Waals surface area contributed by atoms with Crippen molar-refractivity contribution in [2.45, 2.75) is 6.18 Å². The van der Waals surface area contributed by atoms with Gasteiger partial charge >= 0.3 is 6.18 Å². The molecule has 1 fully saturated rings. The van der Waals surface area contributed by atoms with Gasteiger partial charge in [-0.3, -0.25) is 0 Å². The van der Waals surface area contributed by atoms with Crippen LogP contribution in [-0.2, 0) is 6.18 Å². The van der Waals surface area contributed by atoms with Crippen LogP contribution in [0, 0.1) is 0 Å². The Kier molecular flexibility index (Phi) is 6.59. The Balaban J connectivity index is 1.56. The highest BCUT2D eigenvalue weighted by atomic mass is 79.9. The van der Waals surface area contributed by atoms with Crippen molar-refractivity contribution >= 4 is 45.0 Å². The highest BCUT2D eigenvalue weighted by Gasteiger charge is 2.33. The SMILES string of the molecule is CN(C)c1cc(Nc2ccc(Br)c(C(F)(F)F)c2)nc(N2CCN(c3ccccn3)CC2)n1. The number of benzene rings is 1. The zero-order chi connectivity index (χ0) is 23.6. The second kappa shape index (κ2) is 9.42. The van der Waals surface area contributed by atoms with E-state index in [1.807, 2.05) is 37.2 Å². The van der Waals surface area contributed by atoms with Gasteiger partial charge in [-0.2, -0.15) is 23.1 Å². The van der Waals surface area contributed by atoms with Crippen molar-refractivity contribution in [3.05, 3.63) is 58.7 Å². The monoisotopic (exact) mass is 521 g/mol. The third kappa shape index (κ3) is 5.47. The molecule has 1 N–H and O–H groups in total. The average molecular weight is 522 g/mol. The van der Waals surface area contributed by atoms with Crippen molar-refractivity contribution in [1.82, 2.24) is 15.0 Å². The lowest BCUT2D eigenvalue weighted by atomic mass is 10.2. The van der Waals surface area contributed by atoms with Crippen LogP contribution in [-0.4, -0.2) is 55.2 Å². The van der Waals surface area contributed by atoms with Gasteiger partial charge in [0.05, 0.1) is 5.56 Å². The summed E-state index contributed by atoms with van der Waals surface area (Å²) in [4.78, 5) is 19.8. The van der Waals surface area contributed by atoms with E-state index in [1.54, 1.807) is 18.3 Å². The number of halogens is 4. The molecule has 0 atom stereocenters. The Morgan fingerprint density at radius 3 is 2.33 bits per heavy atom. The second-order valence-corrected chi connectivity index (χ2v) is 8.64.